The third-order valence-corrected chi connectivity index (χ3v) is 5.46. The van der Waals surface area contributed by atoms with E-state index in [-0.39, 0.29) is 49.5 Å². The van der Waals surface area contributed by atoms with Crippen molar-refractivity contribution in [3.05, 3.63) is 67.8 Å². The number of aromatic amines is 1. The van der Waals surface area contributed by atoms with Crippen molar-refractivity contribution in [3.63, 3.8) is 0 Å². The summed E-state index contributed by atoms with van der Waals surface area (Å²) in [7, 11) is -4.69. The van der Waals surface area contributed by atoms with Crippen molar-refractivity contribution in [2.45, 2.75) is 4.90 Å². The summed E-state index contributed by atoms with van der Waals surface area (Å²) in [5.41, 5.74) is -2.81. The molecule has 9 nitrogen and oxygen atoms in total. The molecule has 1 radical (unpaired) electrons. The molecule has 1 aromatic heterocycles. The van der Waals surface area contributed by atoms with Gasteiger partial charge in [-0.2, -0.15) is 0 Å². The van der Waals surface area contributed by atoms with Crippen LogP contribution in [0, 0.1) is 0 Å². The van der Waals surface area contributed by atoms with Gasteiger partial charge in [0.05, 0.1) is 15.8 Å². The zero-order valence-corrected chi connectivity index (χ0v) is 17.2. The molecule has 0 atom stereocenters. The second-order valence-electron chi connectivity index (χ2n) is 5.18. The molecule has 0 aliphatic heterocycles. The quantitative estimate of drug-likeness (QED) is 0.527. The third-order valence-electron chi connectivity index (χ3n) is 3.56. The van der Waals surface area contributed by atoms with Crippen LogP contribution in [0.3, 0.4) is 0 Å². The molecule has 3 aromatic rings. The van der Waals surface area contributed by atoms with Crippen LogP contribution in [-0.2, 0) is 10.0 Å². The van der Waals surface area contributed by atoms with E-state index in [0.717, 1.165) is 12.1 Å². The number of aromatic carboxylic acids is 1. The number of aromatic hydroxyl groups is 1. The molecule has 0 aliphatic carbocycles. The molecule has 0 bridgehead atoms. The molecule has 0 saturated heterocycles. The molecule has 135 valence electrons. The van der Waals surface area contributed by atoms with Gasteiger partial charge in [-0.15, -0.1) is 3.97 Å². The van der Waals surface area contributed by atoms with E-state index >= 15 is 0 Å². The van der Waals surface area contributed by atoms with Crippen LogP contribution in [0.5, 0.6) is 5.75 Å². The fourth-order valence-corrected chi connectivity index (χ4v) is 3.81. The summed E-state index contributed by atoms with van der Waals surface area (Å²) in [4.78, 5) is 37.2. The Morgan fingerprint density at radius 3 is 2.37 bits per heavy atom. The first-order valence-corrected chi connectivity index (χ1v) is 8.71. The van der Waals surface area contributed by atoms with Gasteiger partial charge in [0.25, 0.3) is 15.6 Å². The molecule has 0 spiro atoms. The van der Waals surface area contributed by atoms with Crippen LogP contribution in [0.1, 0.15) is 10.4 Å². The SMILES string of the molecule is O=C(O)c1ccc(S(=O)(=O)n2c(=O)[nH]c3cc(Cl)ccc3c2=O)cc1O.[Na]. The number of carboxylic acid groups (broad SMARTS) is 1. The molecule has 0 saturated carbocycles. The maximum Gasteiger partial charge on any atom is 0.343 e. The molecule has 0 unspecified atom stereocenters. The summed E-state index contributed by atoms with van der Waals surface area (Å²) in [6.45, 7) is 0. The molecule has 3 rings (SSSR count). The van der Waals surface area contributed by atoms with Gasteiger partial charge in [-0.25, -0.2) is 18.0 Å². The van der Waals surface area contributed by atoms with E-state index in [9.17, 15) is 27.9 Å². The summed E-state index contributed by atoms with van der Waals surface area (Å²) < 4.78 is 25.4. The minimum Gasteiger partial charge on any atom is -0.507 e. The first-order valence-electron chi connectivity index (χ1n) is 6.89. The molecule has 0 aliphatic rings. The number of fused-ring (bicyclic) bond motifs is 1. The molecule has 12 heteroatoms. The van der Waals surface area contributed by atoms with Crippen LogP contribution in [0.2, 0.25) is 5.02 Å². The molecule has 1 heterocycles. The molecule has 0 fully saturated rings. The molecule has 27 heavy (non-hydrogen) atoms. The smallest absolute Gasteiger partial charge is 0.343 e. The average molecular weight is 420 g/mol. The predicted octanol–water partition coefficient (Wildman–Crippen LogP) is 0.603. The second kappa shape index (κ2) is 7.49. The number of H-pyrrole nitrogens is 1. The van der Waals surface area contributed by atoms with Crippen molar-refractivity contribution in [3.8, 4) is 5.75 Å². The number of aromatic nitrogens is 2. The van der Waals surface area contributed by atoms with E-state index in [1.807, 2.05) is 0 Å². The van der Waals surface area contributed by atoms with Crippen LogP contribution < -0.4 is 11.2 Å². The van der Waals surface area contributed by atoms with Gasteiger partial charge in [0.15, 0.2) is 0 Å². The summed E-state index contributed by atoms with van der Waals surface area (Å²) in [6.07, 6.45) is 0. The van der Waals surface area contributed by atoms with Crippen molar-refractivity contribution in [2.24, 2.45) is 0 Å². The van der Waals surface area contributed by atoms with Crippen molar-refractivity contribution < 1.29 is 23.4 Å². The van der Waals surface area contributed by atoms with Gasteiger partial charge >= 0.3 is 11.7 Å². The Bertz CT molecular complexity index is 1300. The van der Waals surface area contributed by atoms with Gasteiger partial charge in [-0.05, 0) is 30.3 Å². The van der Waals surface area contributed by atoms with Gasteiger partial charge in [0, 0.05) is 40.6 Å². The fraction of sp³-hybridized carbons (Fsp3) is 0. The van der Waals surface area contributed by atoms with Crippen LogP contribution in [0.4, 0.5) is 0 Å². The van der Waals surface area contributed by atoms with Gasteiger partial charge < -0.3 is 15.2 Å². The molecule has 2 aromatic carbocycles. The number of benzene rings is 2. The van der Waals surface area contributed by atoms with Crippen LogP contribution in [0.25, 0.3) is 10.9 Å². The summed E-state index contributed by atoms with van der Waals surface area (Å²) in [5, 5.41) is 18.7. The van der Waals surface area contributed by atoms with Gasteiger partial charge in [-0.1, -0.05) is 11.6 Å². The zero-order valence-electron chi connectivity index (χ0n) is 13.6. The minimum atomic E-state index is -4.69. The van der Waals surface area contributed by atoms with Crippen molar-refractivity contribution in [2.75, 3.05) is 0 Å². The number of nitrogens with zero attached hydrogens (tertiary/aromatic N) is 1. The summed E-state index contributed by atoms with van der Waals surface area (Å²) in [6, 6.07) is 6.28. The van der Waals surface area contributed by atoms with Crippen molar-refractivity contribution in [1.29, 1.82) is 0 Å². The topological polar surface area (TPSA) is 147 Å². The van der Waals surface area contributed by atoms with E-state index in [0.29, 0.717) is 6.07 Å². The number of nitrogens with one attached hydrogen (secondary N) is 1. The molecular weight excluding hydrogens is 411 g/mol. The number of halogens is 1. The van der Waals surface area contributed by atoms with E-state index in [1.54, 1.807) is 0 Å². The monoisotopic (exact) mass is 419 g/mol. The number of carbonyl (C=O) groups is 1. The van der Waals surface area contributed by atoms with Gasteiger partial charge in [0.1, 0.15) is 11.3 Å². The Hall–Kier alpha value is -2.11. The number of rotatable bonds is 3. The Morgan fingerprint density at radius 1 is 1.11 bits per heavy atom. The Kier molecular flexibility index (Phi) is 5.88. The molecule has 3 N–H and O–H groups in total. The van der Waals surface area contributed by atoms with E-state index in [2.05, 4.69) is 4.98 Å². The number of carboxylic acids is 1. The summed E-state index contributed by atoms with van der Waals surface area (Å²) in [5.74, 6) is -2.29. The predicted molar refractivity (Wildman–Crippen MR) is 97.2 cm³/mol. The second-order valence-corrected chi connectivity index (χ2v) is 7.40. The third kappa shape index (κ3) is 3.66. The molecular formula is C15H9ClN2NaO7S. The number of hydrogen-bond acceptors (Lipinski definition) is 6. The zero-order chi connectivity index (χ0) is 19.2. The van der Waals surface area contributed by atoms with Crippen LogP contribution in [0.15, 0.2) is 50.9 Å². The fourth-order valence-electron chi connectivity index (χ4n) is 2.35. The largest absolute Gasteiger partial charge is 0.507 e. The summed E-state index contributed by atoms with van der Waals surface area (Å²) >= 11 is 5.78. The normalized spacial score (nSPS) is 11.1. The average Bonchev–Trinajstić information content (AvgIpc) is 2.53. The van der Waals surface area contributed by atoms with Crippen molar-refractivity contribution >= 4 is 68.1 Å². The maximum atomic E-state index is 12.7. The Labute approximate surface area is 178 Å². The van der Waals surface area contributed by atoms with E-state index < -0.39 is 43.5 Å². The van der Waals surface area contributed by atoms with E-state index in [4.69, 9.17) is 16.7 Å². The van der Waals surface area contributed by atoms with Crippen LogP contribution >= 0.6 is 11.6 Å². The molecule has 0 amide bonds. The van der Waals surface area contributed by atoms with Crippen LogP contribution in [-0.4, -0.2) is 63.1 Å². The Balaban J connectivity index is 0.00000261. The first-order chi connectivity index (χ1) is 12.1. The first kappa shape index (κ1) is 21.2. The van der Waals surface area contributed by atoms with Crippen molar-refractivity contribution in [1.82, 2.24) is 8.96 Å². The minimum absolute atomic E-state index is 0. The standard InChI is InChI=1S/C15H9ClN2O7S.Na/c16-7-1-3-9-11(5-7)17-15(23)18(13(9)20)26(24,25)8-2-4-10(14(21)22)12(19)6-8;/h1-6,19H,(H,17,23)(H,21,22);. The number of hydrogen-bond donors (Lipinski definition) is 3. The van der Waals surface area contributed by atoms with E-state index in [1.165, 1.54) is 18.2 Å². The van der Waals surface area contributed by atoms with Gasteiger partial charge in [-0.3, -0.25) is 4.79 Å². The van der Waals surface area contributed by atoms with Gasteiger partial charge in [0.2, 0.25) is 0 Å². The maximum absolute atomic E-state index is 12.7. The Morgan fingerprint density at radius 2 is 1.78 bits per heavy atom. The number of phenols is 1.